The lowest BCUT2D eigenvalue weighted by molar-refractivity contribution is -0.139. The third kappa shape index (κ3) is 3.78. The minimum atomic E-state index is -1.20. The van der Waals surface area contributed by atoms with Crippen molar-refractivity contribution in [3.05, 3.63) is 0 Å². The first-order chi connectivity index (χ1) is 4.18. The second-order valence-electron chi connectivity index (χ2n) is 1.24. The van der Waals surface area contributed by atoms with Crippen molar-refractivity contribution in [1.82, 2.24) is 0 Å². The van der Waals surface area contributed by atoms with E-state index in [0.29, 0.717) is 0 Å². The van der Waals surface area contributed by atoms with Crippen LogP contribution in [0.25, 0.3) is 0 Å². The van der Waals surface area contributed by atoms with Gasteiger partial charge in [0.1, 0.15) is 6.61 Å². The van der Waals surface area contributed by atoms with Gasteiger partial charge in [-0.1, -0.05) is 0 Å². The van der Waals surface area contributed by atoms with E-state index in [1.807, 2.05) is 0 Å². The van der Waals surface area contributed by atoms with E-state index in [1.54, 1.807) is 0 Å². The quantitative estimate of drug-likeness (QED) is 0.450. The number of rotatable bonds is 4. The lowest BCUT2D eigenvalue weighted by atomic mass is 10.5. The van der Waals surface area contributed by atoms with Crippen molar-refractivity contribution in [3.63, 3.8) is 0 Å². The van der Waals surface area contributed by atoms with Crippen molar-refractivity contribution < 1.29 is 19.4 Å². The monoisotopic (exact) mass is 152 g/mol. The highest BCUT2D eigenvalue weighted by atomic mass is 35.5. The normalized spacial score (nSPS) is 12.1. The maximum atomic E-state index is 9.88. The first-order valence-corrected chi connectivity index (χ1v) is 2.54. The number of carboxylic acids is 1. The molecule has 0 radical (unpaired) electrons. The smallest absolute Gasteiger partial charge is 0.325 e. The highest BCUT2D eigenvalue weighted by molar-refractivity contribution is 6.29. The molecule has 0 saturated heterocycles. The molecule has 0 aromatic heterocycles. The Morgan fingerprint density at radius 3 is 2.78 bits per heavy atom. The van der Waals surface area contributed by atoms with E-state index >= 15 is 0 Å². The van der Waals surface area contributed by atoms with Crippen LogP contribution in [0.5, 0.6) is 0 Å². The second-order valence-corrected chi connectivity index (χ2v) is 1.76. The van der Waals surface area contributed by atoms with E-state index < -0.39 is 11.3 Å². The van der Waals surface area contributed by atoms with E-state index in [1.165, 1.54) is 0 Å². The summed E-state index contributed by atoms with van der Waals surface area (Å²) in [5, 5.41) is 6.94. The zero-order chi connectivity index (χ0) is 7.28. The van der Waals surface area contributed by atoms with Gasteiger partial charge in [-0.25, -0.2) is 0 Å². The topological polar surface area (TPSA) is 63.6 Å². The van der Waals surface area contributed by atoms with Gasteiger partial charge in [0.25, 0.3) is 6.47 Å². The Labute approximate surface area is 56.4 Å². The Balaban J connectivity index is 3.37. The van der Waals surface area contributed by atoms with Crippen LogP contribution in [0.15, 0.2) is 0 Å². The molecule has 0 spiro atoms. The SMILES string of the molecule is O=COCC(Cl)C(=O)O. The third-order valence-electron chi connectivity index (χ3n) is 0.579. The standard InChI is InChI=1S/C4H5ClO4/c5-3(4(7)8)1-9-2-6/h2-3H,1H2,(H,7,8). The zero-order valence-corrected chi connectivity index (χ0v) is 5.17. The van der Waals surface area contributed by atoms with Crippen LogP contribution in [-0.2, 0) is 14.3 Å². The van der Waals surface area contributed by atoms with E-state index in [2.05, 4.69) is 4.74 Å². The average Bonchev–Trinajstić information content (AvgIpc) is 1.82. The summed E-state index contributed by atoms with van der Waals surface area (Å²) in [4.78, 5) is 19.3. The molecule has 1 atom stereocenters. The fourth-order valence-electron chi connectivity index (χ4n) is 0.195. The van der Waals surface area contributed by atoms with Crippen LogP contribution in [0, 0.1) is 0 Å². The summed E-state index contributed by atoms with van der Waals surface area (Å²) >= 11 is 5.11. The molecule has 0 bridgehead atoms. The minimum Gasteiger partial charge on any atom is -0.480 e. The van der Waals surface area contributed by atoms with Gasteiger partial charge in [0.15, 0.2) is 5.38 Å². The molecule has 0 saturated carbocycles. The van der Waals surface area contributed by atoms with Crippen LogP contribution in [-0.4, -0.2) is 29.5 Å². The molecular weight excluding hydrogens is 147 g/mol. The summed E-state index contributed by atoms with van der Waals surface area (Å²) < 4.78 is 4.06. The fraction of sp³-hybridized carbons (Fsp3) is 0.500. The molecule has 0 aliphatic heterocycles. The van der Waals surface area contributed by atoms with Crippen molar-refractivity contribution >= 4 is 24.0 Å². The maximum absolute atomic E-state index is 9.88. The lowest BCUT2D eigenvalue weighted by Crippen LogP contribution is -2.19. The molecule has 4 nitrogen and oxygen atoms in total. The first-order valence-electron chi connectivity index (χ1n) is 2.10. The summed E-state index contributed by atoms with van der Waals surface area (Å²) in [6, 6.07) is 0. The number of alkyl halides is 1. The summed E-state index contributed by atoms with van der Waals surface area (Å²) in [7, 11) is 0. The fourth-order valence-corrected chi connectivity index (χ4v) is 0.268. The number of aliphatic carboxylic acids is 1. The molecule has 1 N–H and O–H groups in total. The second kappa shape index (κ2) is 4.14. The third-order valence-corrected chi connectivity index (χ3v) is 0.891. The van der Waals surface area contributed by atoms with Crippen molar-refractivity contribution in [2.24, 2.45) is 0 Å². The number of carbonyl (C=O) groups excluding carboxylic acids is 1. The van der Waals surface area contributed by atoms with Crippen molar-refractivity contribution in [1.29, 1.82) is 0 Å². The van der Waals surface area contributed by atoms with Gasteiger partial charge < -0.3 is 9.84 Å². The number of hydrogen-bond acceptors (Lipinski definition) is 3. The number of hydrogen-bond donors (Lipinski definition) is 1. The lowest BCUT2D eigenvalue weighted by Gasteiger charge is -1.99. The zero-order valence-electron chi connectivity index (χ0n) is 4.41. The number of carbonyl (C=O) groups is 2. The molecule has 0 aromatic rings. The van der Waals surface area contributed by atoms with Gasteiger partial charge in [-0.15, -0.1) is 11.6 Å². The molecule has 0 aromatic carbocycles. The number of carboxylic acid groups (broad SMARTS) is 1. The molecule has 0 rings (SSSR count). The van der Waals surface area contributed by atoms with Gasteiger partial charge >= 0.3 is 5.97 Å². The molecule has 0 amide bonds. The van der Waals surface area contributed by atoms with Gasteiger partial charge in [-0.3, -0.25) is 9.59 Å². The van der Waals surface area contributed by atoms with Crippen LogP contribution in [0.2, 0.25) is 0 Å². The van der Waals surface area contributed by atoms with E-state index in [0.717, 1.165) is 0 Å². The molecule has 1 unspecified atom stereocenters. The van der Waals surface area contributed by atoms with Gasteiger partial charge in [0, 0.05) is 0 Å². The van der Waals surface area contributed by atoms with Crippen LogP contribution < -0.4 is 0 Å². The molecule has 0 aliphatic rings. The predicted octanol–water partition coefficient (Wildman–Crippen LogP) is -0.149. The Morgan fingerprint density at radius 1 is 1.89 bits per heavy atom. The average molecular weight is 153 g/mol. The Morgan fingerprint density at radius 2 is 2.44 bits per heavy atom. The van der Waals surface area contributed by atoms with Crippen molar-refractivity contribution in [2.75, 3.05) is 6.61 Å². The number of ether oxygens (including phenoxy) is 1. The van der Waals surface area contributed by atoms with Gasteiger partial charge in [0.05, 0.1) is 0 Å². The molecule has 5 heteroatoms. The summed E-state index contributed by atoms with van der Waals surface area (Å²) in [5.74, 6) is -1.20. The molecule has 0 heterocycles. The van der Waals surface area contributed by atoms with Gasteiger partial charge in [-0.2, -0.15) is 0 Å². The maximum Gasteiger partial charge on any atom is 0.325 e. The largest absolute Gasteiger partial charge is 0.480 e. The van der Waals surface area contributed by atoms with Crippen molar-refractivity contribution in [2.45, 2.75) is 5.38 Å². The summed E-state index contributed by atoms with van der Waals surface area (Å²) in [6.45, 7) is -0.140. The van der Waals surface area contributed by atoms with Crippen LogP contribution in [0.3, 0.4) is 0 Å². The van der Waals surface area contributed by atoms with Crippen LogP contribution >= 0.6 is 11.6 Å². The Bertz CT molecular complexity index is 113. The molecule has 0 aliphatic carbocycles. The first kappa shape index (κ1) is 8.23. The molecular formula is C4H5ClO4. The highest BCUT2D eigenvalue weighted by Gasteiger charge is 2.12. The van der Waals surface area contributed by atoms with Gasteiger partial charge in [-0.05, 0) is 0 Å². The minimum absolute atomic E-state index is 0.151. The van der Waals surface area contributed by atoms with Crippen LogP contribution in [0.4, 0.5) is 0 Å². The van der Waals surface area contributed by atoms with Crippen molar-refractivity contribution in [3.8, 4) is 0 Å². The summed E-state index contributed by atoms with van der Waals surface area (Å²) in [5.41, 5.74) is 0. The predicted molar refractivity (Wildman–Crippen MR) is 29.3 cm³/mol. The van der Waals surface area contributed by atoms with Crippen LogP contribution in [0.1, 0.15) is 0 Å². The Hall–Kier alpha value is -0.770. The van der Waals surface area contributed by atoms with E-state index in [-0.39, 0.29) is 13.1 Å². The molecule has 9 heavy (non-hydrogen) atoms. The van der Waals surface area contributed by atoms with Gasteiger partial charge in [0.2, 0.25) is 0 Å². The molecule has 52 valence electrons. The van der Waals surface area contributed by atoms with E-state index in [9.17, 15) is 9.59 Å². The summed E-state index contributed by atoms with van der Waals surface area (Å²) in [6.07, 6.45) is 0. The van der Waals surface area contributed by atoms with E-state index in [4.69, 9.17) is 16.7 Å². The Kier molecular flexibility index (Phi) is 3.79. The molecule has 0 fully saturated rings. The highest BCUT2D eigenvalue weighted by Crippen LogP contribution is 1.94. The number of halogens is 1.